The summed E-state index contributed by atoms with van der Waals surface area (Å²) in [5.41, 5.74) is 4.56. The fourth-order valence-corrected chi connectivity index (χ4v) is 3.20. The third-order valence-electron chi connectivity index (χ3n) is 4.43. The van der Waals surface area contributed by atoms with Crippen molar-refractivity contribution >= 4 is 17.5 Å². The molecule has 0 bridgehead atoms. The first-order valence-corrected chi connectivity index (χ1v) is 8.81. The van der Waals surface area contributed by atoms with E-state index in [-0.39, 0.29) is 31.4 Å². The molecule has 0 saturated heterocycles. The van der Waals surface area contributed by atoms with E-state index in [1.54, 1.807) is 6.20 Å². The SMILES string of the molecule is COC(=O)Cn1c(C)cc2c1CCC/C2=N/OCc1cn(CC(C)=O)nn1. The lowest BCUT2D eigenvalue weighted by atomic mass is 9.96. The van der Waals surface area contributed by atoms with Crippen LogP contribution in [-0.2, 0) is 45.3 Å². The molecule has 3 rings (SSSR count). The monoisotopic (exact) mass is 373 g/mol. The maximum atomic E-state index is 11.7. The summed E-state index contributed by atoms with van der Waals surface area (Å²) >= 11 is 0. The van der Waals surface area contributed by atoms with Crippen molar-refractivity contribution in [3.63, 3.8) is 0 Å². The first kappa shape index (κ1) is 18.8. The van der Waals surface area contributed by atoms with E-state index in [1.807, 2.05) is 17.6 Å². The molecule has 144 valence electrons. The number of aromatic nitrogens is 4. The van der Waals surface area contributed by atoms with E-state index in [1.165, 1.54) is 18.7 Å². The molecule has 0 spiro atoms. The van der Waals surface area contributed by atoms with Crippen LogP contribution in [0.3, 0.4) is 0 Å². The molecule has 0 unspecified atom stereocenters. The number of ketones is 1. The minimum atomic E-state index is -0.273. The maximum Gasteiger partial charge on any atom is 0.325 e. The Hall–Kier alpha value is -2.97. The number of oxime groups is 1. The van der Waals surface area contributed by atoms with Crippen LogP contribution in [0.2, 0.25) is 0 Å². The highest BCUT2D eigenvalue weighted by atomic mass is 16.6. The predicted octanol–water partition coefficient (Wildman–Crippen LogP) is 1.41. The number of hydrogen-bond acceptors (Lipinski definition) is 7. The maximum absolute atomic E-state index is 11.7. The highest BCUT2D eigenvalue weighted by molar-refractivity contribution is 6.02. The zero-order valence-corrected chi connectivity index (χ0v) is 15.8. The zero-order valence-electron chi connectivity index (χ0n) is 15.8. The Bertz CT molecular complexity index is 880. The molecule has 2 aromatic rings. The van der Waals surface area contributed by atoms with Gasteiger partial charge in [-0.3, -0.25) is 9.59 Å². The molecular weight excluding hydrogens is 350 g/mol. The molecule has 0 N–H and O–H groups in total. The van der Waals surface area contributed by atoms with Gasteiger partial charge in [0.1, 0.15) is 18.8 Å². The minimum absolute atomic E-state index is 0.00850. The van der Waals surface area contributed by atoms with Crippen molar-refractivity contribution in [3.05, 3.63) is 34.9 Å². The summed E-state index contributed by atoms with van der Waals surface area (Å²) in [5.74, 6) is -0.264. The summed E-state index contributed by atoms with van der Waals surface area (Å²) in [6.07, 6.45) is 4.31. The van der Waals surface area contributed by atoms with Gasteiger partial charge < -0.3 is 14.1 Å². The van der Waals surface area contributed by atoms with E-state index >= 15 is 0 Å². The number of hydrogen-bond donors (Lipinski definition) is 0. The summed E-state index contributed by atoms with van der Waals surface area (Å²) in [6, 6.07) is 2.03. The summed E-state index contributed by atoms with van der Waals surface area (Å²) in [6.45, 7) is 4.04. The second kappa shape index (κ2) is 8.15. The van der Waals surface area contributed by atoms with Gasteiger partial charge >= 0.3 is 5.97 Å². The normalized spacial score (nSPS) is 14.9. The Kier molecular flexibility index (Phi) is 5.68. The number of aryl methyl sites for hydroxylation is 1. The van der Waals surface area contributed by atoms with Crippen molar-refractivity contribution in [2.24, 2.45) is 5.16 Å². The van der Waals surface area contributed by atoms with E-state index in [4.69, 9.17) is 9.57 Å². The highest BCUT2D eigenvalue weighted by Crippen LogP contribution is 2.26. The van der Waals surface area contributed by atoms with Crippen molar-refractivity contribution in [1.82, 2.24) is 19.6 Å². The van der Waals surface area contributed by atoms with Gasteiger partial charge in [-0.15, -0.1) is 5.10 Å². The molecule has 0 fully saturated rings. The minimum Gasteiger partial charge on any atom is -0.468 e. The summed E-state index contributed by atoms with van der Waals surface area (Å²) in [5, 5.41) is 12.1. The van der Waals surface area contributed by atoms with Gasteiger partial charge in [-0.2, -0.15) is 0 Å². The van der Waals surface area contributed by atoms with Crippen LogP contribution < -0.4 is 0 Å². The number of methoxy groups -OCH3 is 1. The van der Waals surface area contributed by atoms with Gasteiger partial charge in [-0.05, 0) is 39.2 Å². The van der Waals surface area contributed by atoms with Crippen LogP contribution in [0.5, 0.6) is 0 Å². The van der Waals surface area contributed by atoms with E-state index in [0.717, 1.165) is 41.9 Å². The molecule has 0 radical (unpaired) electrons. The van der Waals surface area contributed by atoms with Gasteiger partial charge in [0.2, 0.25) is 0 Å². The van der Waals surface area contributed by atoms with Crippen LogP contribution in [0.1, 0.15) is 42.4 Å². The Morgan fingerprint density at radius 1 is 1.30 bits per heavy atom. The van der Waals surface area contributed by atoms with Gasteiger partial charge in [0.25, 0.3) is 0 Å². The standard InChI is InChI=1S/C18H23N5O4/c1-12-7-15-16(5-4-6-17(15)23(12)10-18(25)26-3)20-27-11-14-9-22(21-19-14)8-13(2)24/h7,9H,4-6,8,10-11H2,1-3H3/b20-16-. The van der Waals surface area contributed by atoms with Gasteiger partial charge in [0.15, 0.2) is 12.4 Å². The Labute approximate surface area is 156 Å². The molecule has 1 aliphatic carbocycles. The Balaban J connectivity index is 1.70. The molecular formula is C18H23N5O4. The van der Waals surface area contributed by atoms with Gasteiger partial charge in [0.05, 0.1) is 19.0 Å². The van der Waals surface area contributed by atoms with E-state index in [2.05, 4.69) is 15.5 Å². The first-order chi connectivity index (χ1) is 13.0. The van der Waals surface area contributed by atoms with Gasteiger partial charge in [0, 0.05) is 17.0 Å². The number of esters is 1. The average Bonchev–Trinajstić information content (AvgIpc) is 3.19. The van der Waals surface area contributed by atoms with Crippen LogP contribution in [0.25, 0.3) is 0 Å². The fourth-order valence-electron chi connectivity index (χ4n) is 3.20. The summed E-state index contributed by atoms with van der Waals surface area (Å²) < 4.78 is 8.24. The van der Waals surface area contributed by atoms with Gasteiger partial charge in [-0.1, -0.05) is 10.4 Å². The molecule has 9 nitrogen and oxygen atoms in total. The van der Waals surface area contributed by atoms with Crippen LogP contribution in [-0.4, -0.2) is 44.1 Å². The second-order valence-electron chi connectivity index (χ2n) is 6.58. The van der Waals surface area contributed by atoms with E-state index < -0.39 is 0 Å². The molecule has 0 atom stereocenters. The molecule has 9 heteroatoms. The first-order valence-electron chi connectivity index (χ1n) is 8.81. The van der Waals surface area contributed by atoms with Gasteiger partial charge in [-0.25, -0.2) is 4.68 Å². The molecule has 0 aromatic carbocycles. The highest BCUT2D eigenvalue weighted by Gasteiger charge is 2.23. The van der Waals surface area contributed by atoms with Crippen molar-refractivity contribution in [2.45, 2.75) is 52.8 Å². The predicted molar refractivity (Wildman–Crippen MR) is 96.2 cm³/mol. The van der Waals surface area contributed by atoms with Crippen LogP contribution in [0.4, 0.5) is 0 Å². The summed E-state index contributed by atoms with van der Waals surface area (Å²) in [7, 11) is 1.39. The molecule has 0 amide bonds. The van der Waals surface area contributed by atoms with Crippen molar-refractivity contribution in [2.75, 3.05) is 7.11 Å². The van der Waals surface area contributed by atoms with Crippen molar-refractivity contribution in [1.29, 1.82) is 0 Å². The largest absolute Gasteiger partial charge is 0.468 e. The summed E-state index contributed by atoms with van der Waals surface area (Å²) in [4.78, 5) is 28.2. The zero-order chi connectivity index (χ0) is 19.4. The molecule has 2 aromatic heterocycles. The lowest BCUT2D eigenvalue weighted by Gasteiger charge is -2.17. The molecule has 2 heterocycles. The van der Waals surface area contributed by atoms with Crippen molar-refractivity contribution < 1.29 is 19.2 Å². The quantitative estimate of drug-likeness (QED) is 0.537. The van der Waals surface area contributed by atoms with Crippen LogP contribution in [0, 0.1) is 6.92 Å². The second-order valence-corrected chi connectivity index (χ2v) is 6.58. The Morgan fingerprint density at radius 2 is 2.11 bits per heavy atom. The molecule has 27 heavy (non-hydrogen) atoms. The number of Topliss-reactive ketones (excluding diaryl/α,β-unsaturated/α-hetero) is 1. The third kappa shape index (κ3) is 4.42. The van der Waals surface area contributed by atoms with Crippen molar-refractivity contribution in [3.8, 4) is 0 Å². The lowest BCUT2D eigenvalue weighted by molar-refractivity contribution is -0.141. The number of fused-ring (bicyclic) bond motifs is 1. The number of nitrogens with zero attached hydrogens (tertiary/aromatic N) is 5. The van der Waals surface area contributed by atoms with Crippen LogP contribution in [0.15, 0.2) is 17.4 Å². The smallest absolute Gasteiger partial charge is 0.325 e. The van der Waals surface area contributed by atoms with E-state index in [0.29, 0.717) is 5.69 Å². The fraction of sp³-hybridized carbons (Fsp3) is 0.500. The number of rotatable bonds is 7. The molecule has 1 aliphatic rings. The topological polar surface area (TPSA) is 101 Å². The number of carbonyl (C=O) groups excluding carboxylic acids is 2. The average molecular weight is 373 g/mol. The number of ether oxygens (including phenoxy) is 1. The third-order valence-corrected chi connectivity index (χ3v) is 4.43. The van der Waals surface area contributed by atoms with Crippen LogP contribution >= 0.6 is 0 Å². The molecule has 0 saturated carbocycles. The lowest BCUT2D eigenvalue weighted by Crippen LogP contribution is -2.19. The number of carbonyl (C=O) groups is 2. The van der Waals surface area contributed by atoms with E-state index in [9.17, 15) is 9.59 Å². The molecule has 0 aliphatic heterocycles. The Morgan fingerprint density at radius 3 is 2.85 bits per heavy atom.